The fourth-order valence-electron chi connectivity index (χ4n) is 3.40. The molecule has 0 unspecified atom stereocenters. The first kappa shape index (κ1) is 22.5. The molecule has 0 spiro atoms. The zero-order valence-corrected chi connectivity index (χ0v) is 18.2. The second-order valence-corrected chi connectivity index (χ2v) is 7.20. The Kier molecular flexibility index (Phi) is 6.18. The van der Waals surface area contributed by atoms with Gasteiger partial charge in [-0.2, -0.15) is 22.9 Å². The molecule has 1 aliphatic heterocycles. The number of methoxy groups -OCH3 is 1. The molecule has 0 saturated heterocycles. The maximum Gasteiger partial charge on any atom is 0.437 e. The summed E-state index contributed by atoms with van der Waals surface area (Å²) in [7, 11) is 1.63. The van der Waals surface area contributed by atoms with Crippen molar-refractivity contribution in [3.05, 3.63) is 48.2 Å². The number of halogens is 3. The molecule has 0 saturated carbocycles. The molecule has 9 nitrogen and oxygen atoms in total. The van der Waals surface area contributed by atoms with Gasteiger partial charge in [0.15, 0.2) is 5.71 Å². The Bertz CT molecular complexity index is 1200. The highest BCUT2D eigenvalue weighted by molar-refractivity contribution is 6.51. The Morgan fingerprint density at radius 1 is 1.15 bits per heavy atom. The lowest BCUT2D eigenvalue weighted by molar-refractivity contribution is -0.0567. The van der Waals surface area contributed by atoms with Crippen LogP contribution in [0.3, 0.4) is 0 Å². The molecule has 12 heteroatoms. The molecule has 4 rings (SSSR count). The van der Waals surface area contributed by atoms with Crippen molar-refractivity contribution in [2.45, 2.75) is 20.0 Å². The monoisotopic (exact) mass is 458 g/mol. The van der Waals surface area contributed by atoms with Crippen molar-refractivity contribution in [1.82, 2.24) is 24.8 Å². The summed E-state index contributed by atoms with van der Waals surface area (Å²) in [5.41, 5.74) is 0.735. The summed E-state index contributed by atoms with van der Waals surface area (Å²) in [5.74, 6) is -0.0596. The summed E-state index contributed by atoms with van der Waals surface area (Å²) >= 11 is 0. The number of anilines is 1. The maximum atomic E-state index is 13.8. The molecule has 0 atom stereocenters. The van der Waals surface area contributed by atoms with Crippen LogP contribution in [0.25, 0.3) is 11.5 Å². The molecule has 0 radical (unpaired) electrons. The third kappa shape index (κ3) is 4.46. The molecule has 0 bridgehead atoms. The van der Waals surface area contributed by atoms with Gasteiger partial charge in [-0.25, -0.2) is 9.98 Å². The first-order chi connectivity index (χ1) is 15.8. The first-order valence-corrected chi connectivity index (χ1v) is 10.2. The summed E-state index contributed by atoms with van der Waals surface area (Å²) in [6.07, 6.45) is -0.497. The van der Waals surface area contributed by atoms with Gasteiger partial charge in [-0.05, 0) is 37.6 Å². The number of nitrogens with zero attached hydrogens (tertiary/aromatic N) is 8. The smallest absolute Gasteiger partial charge is 0.383 e. The quantitative estimate of drug-likeness (QED) is 0.539. The van der Waals surface area contributed by atoms with Gasteiger partial charge in [0.2, 0.25) is 11.6 Å². The lowest BCUT2D eigenvalue weighted by atomic mass is 10.1. The fraction of sp³-hybridized carbons (Fsp3) is 0.333. The SMILES string of the molecule is CCN(CCOC)c1ccc(/N=C2/C(C(F)(F)F)=Nn3c2nnc3-c2cnccn2)c(C)c1. The van der Waals surface area contributed by atoms with Crippen LogP contribution in [-0.2, 0) is 4.74 Å². The summed E-state index contributed by atoms with van der Waals surface area (Å²) in [6, 6.07) is 5.39. The van der Waals surface area contributed by atoms with E-state index >= 15 is 0 Å². The minimum Gasteiger partial charge on any atom is -0.383 e. The van der Waals surface area contributed by atoms with E-state index in [1.54, 1.807) is 20.1 Å². The number of alkyl halides is 3. The highest BCUT2D eigenvalue weighted by Gasteiger charge is 2.46. The Morgan fingerprint density at radius 2 is 1.94 bits per heavy atom. The molecule has 0 N–H and O–H groups in total. The number of aromatic nitrogens is 5. The highest BCUT2D eigenvalue weighted by atomic mass is 19.4. The number of fused-ring (bicyclic) bond motifs is 1. The molecular weight excluding hydrogens is 437 g/mol. The number of hydrogen-bond acceptors (Lipinski definition) is 8. The van der Waals surface area contributed by atoms with Crippen LogP contribution in [0.1, 0.15) is 18.3 Å². The first-order valence-electron chi connectivity index (χ1n) is 10.2. The van der Waals surface area contributed by atoms with Crippen molar-refractivity contribution in [2.75, 3.05) is 31.7 Å². The van der Waals surface area contributed by atoms with Crippen LogP contribution in [0, 0.1) is 6.92 Å². The van der Waals surface area contributed by atoms with E-state index in [1.807, 2.05) is 19.1 Å². The van der Waals surface area contributed by atoms with Crippen molar-refractivity contribution in [1.29, 1.82) is 0 Å². The van der Waals surface area contributed by atoms with Gasteiger partial charge in [-0.1, -0.05) is 0 Å². The zero-order chi connectivity index (χ0) is 23.6. The van der Waals surface area contributed by atoms with Crippen molar-refractivity contribution in [2.24, 2.45) is 10.1 Å². The Balaban J connectivity index is 1.75. The second kappa shape index (κ2) is 9.06. The van der Waals surface area contributed by atoms with Crippen LogP contribution in [0.5, 0.6) is 0 Å². The number of rotatable bonds is 7. The van der Waals surface area contributed by atoms with E-state index in [9.17, 15) is 13.2 Å². The van der Waals surface area contributed by atoms with Crippen molar-refractivity contribution in [3.63, 3.8) is 0 Å². The van der Waals surface area contributed by atoms with E-state index in [2.05, 4.69) is 35.2 Å². The second-order valence-electron chi connectivity index (χ2n) is 7.20. The molecule has 172 valence electrons. The van der Waals surface area contributed by atoms with Crippen LogP contribution in [0.4, 0.5) is 24.5 Å². The van der Waals surface area contributed by atoms with Gasteiger partial charge in [0.05, 0.1) is 18.5 Å². The number of aryl methyl sites for hydroxylation is 1. The van der Waals surface area contributed by atoms with Crippen LogP contribution in [0.2, 0.25) is 0 Å². The van der Waals surface area contributed by atoms with Crippen LogP contribution in [0.15, 0.2) is 46.9 Å². The van der Waals surface area contributed by atoms with Crippen molar-refractivity contribution >= 4 is 22.8 Å². The zero-order valence-electron chi connectivity index (χ0n) is 18.2. The van der Waals surface area contributed by atoms with Gasteiger partial charge in [-0.3, -0.25) is 4.98 Å². The highest BCUT2D eigenvalue weighted by Crippen LogP contribution is 2.31. The molecule has 0 amide bonds. The number of aliphatic imine (C=N–C) groups is 1. The summed E-state index contributed by atoms with van der Waals surface area (Å²) in [6.45, 7) is 5.83. The lowest BCUT2D eigenvalue weighted by Crippen LogP contribution is -2.29. The number of benzene rings is 1. The average molecular weight is 458 g/mol. The summed E-state index contributed by atoms with van der Waals surface area (Å²) in [4.78, 5) is 14.4. The Labute approximate surface area is 187 Å². The lowest BCUT2D eigenvalue weighted by Gasteiger charge is -2.23. The number of likely N-dealkylation sites (N-methyl/N-ethyl adjacent to an activating group) is 1. The van der Waals surface area contributed by atoms with Crippen LogP contribution in [-0.4, -0.2) is 69.2 Å². The predicted octanol–water partition coefficient (Wildman–Crippen LogP) is 3.42. The van der Waals surface area contributed by atoms with Crippen LogP contribution >= 0.6 is 0 Å². The van der Waals surface area contributed by atoms with E-state index in [0.29, 0.717) is 24.4 Å². The molecule has 0 aliphatic carbocycles. The van der Waals surface area contributed by atoms with Crippen LogP contribution < -0.4 is 4.90 Å². The minimum atomic E-state index is -4.73. The normalized spacial score (nSPS) is 14.5. The predicted molar refractivity (Wildman–Crippen MR) is 117 cm³/mol. The molecule has 3 heterocycles. The Hall–Kier alpha value is -3.67. The third-order valence-electron chi connectivity index (χ3n) is 5.06. The molecule has 2 aromatic heterocycles. The largest absolute Gasteiger partial charge is 0.437 e. The maximum absolute atomic E-state index is 13.8. The van der Waals surface area contributed by atoms with E-state index in [-0.39, 0.29) is 17.3 Å². The van der Waals surface area contributed by atoms with Gasteiger partial charge in [0.1, 0.15) is 11.4 Å². The number of ether oxygens (including phenoxy) is 1. The summed E-state index contributed by atoms with van der Waals surface area (Å²) in [5, 5.41) is 11.6. The van der Waals surface area contributed by atoms with E-state index in [4.69, 9.17) is 4.74 Å². The van der Waals surface area contributed by atoms with Gasteiger partial charge >= 0.3 is 6.18 Å². The van der Waals surface area contributed by atoms with E-state index in [0.717, 1.165) is 16.9 Å². The van der Waals surface area contributed by atoms with Crippen molar-refractivity contribution < 1.29 is 17.9 Å². The van der Waals surface area contributed by atoms with Gasteiger partial charge < -0.3 is 9.64 Å². The standard InChI is InChI=1S/C21H21F3N8O/c1-4-31(9-10-33-3)14-5-6-15(13(2)11-14)27-17-18(21(22,23)24)30-32-19(28-29-20(17)32)16-12-25-7-8-26-16/h5-8,11-12H,4,9-10H2,1-3H3/b27-17-. The third-order valence-corrected chi connectivity index (χ3v) is 5.06. The van der Waals surface area contributed by atoms with E-state index in [1.165, 1.54) is 18.6 Å². The van der Waals surface area contributed by atoms with Crippen molar-refractivity contribution in [3.8, 4) is 11.5 Å². The molecule has 3 aromatic rings. The molecular formula is C21H21F3N8O. The fourth-order valence-corrected chi connectivity index (χ4v) is 3.40. The van der Waals surface area contributed by atoms with Gasteiger partial charge in [0, 0.05) is 38.3 Å². The topological polar surface area (TPSA) is 93.7 Å². The van der Waals surface area contributed by atoms with Gasteiger partial charge in [-0.15, -0.1) is 10.2 Å². The molecule has 1 aromatic carbocycles. The Morgan fingerprint density at radius 3 is 2.58 bits per heavy atom. The minimum absolute atomic E-state index is 0.0499. The summed E-state index contributed by atoms with van der Waals surface area (Å²) < 4.78 is 47.6. The molecule has 1 aliphatic rings. The average Bonchev–Trinajstić information content (AvgIpc) is 3.36. The molecule has 0 fully saturated rings. The van der Waals surface area contributed by atoms with E-state index < -0.39 is 17.6 Å². The van der Waals surface area contributed by atoms with Gasteiger partial charge in [0.25, 0.3) is 0 Å². The number of hydrogen-bond donors (Lipinski definition) is 0. The molecule has 33 heavy (non-hydrogen) atoms.